The minimum Gasteiger partial charge on any atom is -0.352 e. The molecule has 1 amide bonds. The molecule has 3 aromatic rings. The van der Waals surface area contributed by atoms with Crippen molar-refractivity contribution in [3.8, 4) is 0 Å². The van der Waals surface area contributed by atoms with Crippen LogP contribution in [0.15, 0.2) is 55.1 Å². The van der Waals surface area contributed by atoms with Crippen LogP contribution < -0.4 is 5.32 Å². The highest BCUT2D eigenvalue weighted by atomic mass is 16.1. The van der Waals surface area contributed by atoms with E-state index < -0.39 is 0 Å². The summed E-state index contributed by atoms with van der Waals surface area (Å²) in [5, 5.41) is 3.09. The van der Waals surface area contributed by atoms with Crippen LogP contribution in [0.2, 0.25) is 0 Å². The molecule has 0 saturated carbocycles. The van der Waals surface area contributed by atoms with Gasteiger partial charge in [-0.1, -0.05) is 18.2 Å². The summed E-state index contributed by atoms with van der Waals surface area (Å²) >= 11 is 0. The van der Waals surface area contributed by atoms with Crippen molar-refractivity contribution in [1.29, 1.82) is 0 Å². The van der Waals surface area contributed by atoms with E-state index in [1.54, 1.807) is 12.4 Å². The largest absolute Gasteiger partial charge is 0.352 e. The standard InChI is InChI=1S/C20H23N5O/c26-20(17-6-2-1-3-7-17)23-11-16-5-4-9-24(14-16)15-18-12-22-19-13-21-8-10-25(18)19/h1-3,6-8,10,12-13,16H,4-5,9,11,14-15H2,(H,23,26)/t16-/m1/s1. The molecule has 1 atom stereocenters. The number of piperidine rings is 1. The SMILES string of the molecule is O=C(NC[C@H]1CCCN(Cc2cnc3cnccn23)C1)c1ccccc1. The van der Waals surface area contributed by atoms with Gasteiger partial charge in [0.1, 0.15) is 0 Å². The third kappa shape index (κ3) is 3.75. The predicted molar refractivity (Wildman–Crippen MR) is 99.8 cm³/mol. The maximum Gasteiger partial charge on any atom is 0.251 e. The molecule has 0 unspecified atom stereocenters. The van der Waals surface area contributed by atoms with Crippen molar-refractivity contribution in [2.45, 2.75) is 19.4 Å². The number of hydrogen-bond acceptors (Lipinski definition) is 4. The normalized spacial score (nSPS) is 18.1. The van der Waals surface area contributed by atoms with Crippen LogP contribution in [0.5, 0.6) is 0 Å². The summed E-state index contributed by atoms with van der Waals surface area (Å²) in [5.74, 6) is 0.495. The molecule has 3 heterocycles. The summed E-state index contributed by atoms with van der Waals surface area (Å²) in [6, 6.07) is 9.40. The lowest BCUT2D eigenvalue weighted by Crippen LogP contribution is -2.40. The number of carbonyl (C=O) groups excluding carboxylic acids is 1. The van der Waals surface area contributed by atoms with Gasteiger partial charge in [-0.2, -0.15) is 0 Å². The second-order valence-electron chi connectivity index (χ2n) is 6.87. The fraction of sp³-hybridized carbons (Fsp3) is 0.350. The Kier molecular flexibility index (Phi) is 4.93. The zero-order chi connectivity index (χ0) is 17.8. The summed E-state index contributed by atoms with van der Waals surface area (Å²) in [6.07, 6.45) is 9.77. The molecule has 26 heavy (non-hydrogen) atoms. The Morgan fingerprint density at radius 2 is 2.12 bits per heavy atom. The Balaban J connectivity index is 1.33. The first-order valence-corrected chi connectivity index (χ1v) is 9.11. The maximum absolute atomic E-state index is 12.2. The third-order valence-corrected chi connectivity index (χ3v) is 4.97. The van der Waals surface area contributed by atoms with Crippen LogP contribution in [0.25, 0.3) is 5.65 Å². The zero-order valence-corrected chi connectivity index (χ0v) is 14.7. The molecule has 1 fully saturated rings. The Labute approximate surface area is 152 Å². The van der Waals surface area contributed by atoms with Gasteiger partial charge >= 0.3 is 0 Å². The zero-order valence-electron chi connectivity index (χ0n) is 14.7. The fourth-order valence-electron chi connectivity index (χ4n) is 3.63. The highest BCUT2D eigenvalue weighted by Gasteiger charge is 2.21. The molecule has 1 aromatic carbocycles. The molecule has 134 valence electrons. The molecule has 1 aliphatic rings. The number of hydrogen-bond donors (Lipinski definition) is 1. The van der Waals surface area contributed by atoms with E-state index in [9.17, 15) is 4.79 Å². The highest BCUT2D eigenvalue weighted by molar-refractivity contribution is 5.94. The number of carbonyl (C=O) groups is 1. The number of likely N-dealkylation sites (tertiary alicyclic amines) is 1. The van der Waals surface area contributed by atoms with Gasteiger partial charge in [0, 0.05) is 37.6 Å². The molecular formula is C20H23N5O. The van der Waals surface area contributed by atoms with Crippen molar-refractivity contribution >= 4 is 11.6 Å². The van der Waals surface area contributed by atoms with Gasteiger partial charge in [0.05, 0.1) is 18.1 Å². The Morgan fingerprint density at radius 1 is 1.23 bits per heavy atom. The van der Waals surface area contributed by atoms with Crippen LogP contribution >= 0.6 is 0 Å². The van der Waals surface area contributed by atoms with Crippen molar-refractivity contribution in [3.63, 3.8) is 0 Å². The molecule has 0 radical (unpaired) electrons. The first kappa shape index (κ1) is 16.7. The van der Waals surface area contributed by atoms with E-state index in [1.807, 2.05) is 42.7 Å². The Hall–Kier alpha value is -2.73. The van der Waals surface area contributed by atoms with Gasteiger partial charge in [-0.05, 0) is 37.4 Å². The summed E-state index contributed by atoms with van der Waals surface area (Å²) in [5.41, 5.74) is 2.78. The summed E-state index contributed by atoms with van der Waals surface area (Å²) in [4.78, 5) is 23.2. The number of aromatic nitrogens is 3. The molecule has 2 aromatic heterocycles. The molecule has 4 rings (SSSR count). The fourth-order valence-corrected chi connectivity index (χ4v) is 3.63. The van der Waals surface area contributed by atoms with Gasteiger partial charge in [-0.15, -0.1) is 0 Å². The van der Waals surface area contributed by atoms with Crippen LogP contribution in [0, 0.1) is 5.92 Å². The number of rotatable bonds is 5. The van der Waals surface area contributed by atoms with Crippen molar-refractivity contribution < 1.29 is 4.79 Å². The molecule has 1 saturated heterocycles. The monoisotopic (exact) mass is 349 g/mol. The molecule has 1 N–H and O–H groups in total. The quantitative estimate of drug-likeness (QED) is 0.768. The number of amides is 1. The average molecular weight is 349 g/mol. The number of benzene rings is 1. The molecule has 6 nitrogen and oxygen atoms in total. The third-order valence-electron chi connectivity index (χ3n) is 4.97. The van der Waals surface area contributed by atoms with E-state index in [-0.39, 0.29) is 5.91 Å². The van der Waals surface area contributed by atoms with Crippen molar-refractivity contribution in [2.24, 2.45) is 5.92 Å². The van der Waals surface area contributed by atoms with Gasteiger partial charge < -0.3 is 5.32 Å². The molecular weight excluding hydrogens is 326 g/mol. The summed E-state index contributed by atoms with van der Waals surface area (Å²) in [7, 11) is 0. The second kappa shape index (κ2) is 7.66. The number of nitrogens with zero attached hydrogens (tertiary/aromatic N) is 4. The lowest BCUT2D eigenvalue weighted by molar-refractivity contribution is 0.0930. The lowest BCUT2D eigenvalue weighted by Gasteiger charge is -2.32. The van der Waals surface area contributed by atoms with E-state index in [2.05, 4.69) is 24.6 Å². The minimum atomic E-state index is 0.0111. The van der Waals surface area contributed by atoms with Crippen LogP contribution in [-0.4, -0.2) is 44.8 Å². The molecule has 0 aliphatic carbocycles. The summed E-state index contributed by atoms with van der Waals surface area (Å²) in [6.45, 7) is 3.67. The van der Waals surface area contributed by atoms with Gasteiger partial charge in [0.25, 0.3) is 5.91 Å². The van der Waals surface area contributed by atoms with Crippen molar-refractivity contribution in [3.05, 3.63) is 66.4 Å². The van der Waals surface area contributed by atoms with E-state index in [1.165, 1.54) is 5.69 Å². The average Bonchev–Trinajstić information content (AvgIpc) is 3.10. The van der Waals surface area contributed by atoms with Gasteiger partial charge in [-0.3, -0.25) is 19.1 Å². The summed E-state index contributed by atoms with van der Waals surface area (Å²) < 4.78 is 2.09. The topological polar surface area (TPSA) is 62.5 Å². The predicted octanol–water partition coefficient (Wildman–Crippen LogP) is 2.37. The van der Waals surface area contributed by atoms with Crippen molar-refractivity contribution in [1.82, 2.24) is 24.6 Å². The maximum atomic E-state index is 12.2. The first-order valence-electron chi connectivity index (χ1n) is 9.11. The molecule has 0 bridgehead atoms. The molecule has 1 aliphatic heterocycles. The Morgan fingerprint density at radius 3 is 3.00 bits per heavy atom. The lowest BCUT2D eigenvalue weighted by atomic mass is 9.97. The van der Waals surface area contributed by atoms with E-state index >= 15 is 0 Å². The van der Waals surface area contributed by atoms with E-state index in [0.29, 0.717) is 5.92 Å². The number of fused-ring (bicyclic) bond motifs is 1. The van der Waals surface area contributed by atoms with Gasteiger partial charge in [0.15, 0.2) is 5.65 Å². The van der Waals surface area contributed by atoms with Crippen LogP contribution in [-0.2, 0) is 6.54 Å². The van der Waals surface area contributed by atoms with Gasteiger partial charge in [-0.25, -0.2) is 4.98 Å². The number of nitrogens with one attached hydrogen (secondary N) is 1. The molecule has 6 heteroatoms. The van der Waals surface area contributed by atoms with Crippen LogP contribution in [0.3, 0.4) is 0 Å². The molecule has 0 spiro atoms. The van der Waals surface area contributed by atoms with E-state index in [4.69, 9.17) is 0 Å². The smallest absolute Gasteiger partial charge is 0.251 e. The van der Waals surface area contributed by atoms with Gasteiger partial charge in [0.2, 0.25) is 0 Å². The highest BCUT2D eigenvalue weighted by Crippen LogP contribution is 2.18. The van der Waals surface area contributed by atoms with Crippen molar-refractivity contribution in [2.75, 3.05) is 19.6 Å². The number of imidazole rings is 1. The van der Waals surface area contributed by atoms with Crippen LogP contribution in [0.4, 0.5) is 0 Å². The second-order valence-corrected chi connectivity index (χ2v) is 6.87. The van der Waals surface area contributed by atoms with Crippen LogP contribution in [0.1, 0.15) is 28.9 Å². The van der Waals surface area contributed by atoms with E-state index in [0.717, 1.165) is 50.2 Å². The Bertz CT molecular complexity index is 876. The first-order chi connectivity index (χ1) is 12.8. The minimum absolute atomic E-state index is 0.0111.